The first kappa shape index (κ1) is 19.8. The molecule has 1 atom stereocenters. The fraction of sp³-hybridized carbons (Fsp3) is 0.130. The van der Waals surface area contributed by atoms with E-state index in [1.165, 1.54) is 12.1 Å². The van der Waals surface area contributed by atoms with Crippen molar-refractivity contribution >= 4 is 11.6 Å². The lowest BCUT2D eigenvalue weighted by molar-refractivity contribution is 0.395. The van der Waals surface area contributed by atoms with Gasteiger partial charge in [-0.1, -0.05) is 18.2 Å². The lowest BCUT2D eigenvalue weighted by Crippen LogP contribution is -2.12. The van der Waals surface area contributed by atoms with Gasteiger partial charge in [0.15, 0.2) is 5.65 Å². The van der Waals surface area contributed by atoms with E-state index in [1.807, 2.05) is 36.5 Å². The number of rotatable bonds is 6. The number of fused-ring (bicyclic) bond motifs is 1. The molecule has 32 heavy (non-hydrogen) atoms. The summed E-state index contributed by atoms with van der Waals surface area (Å²) in [6.45, 7) is -0.513. The minimum Gasteiger partial charge on any atom is -0.366 e. The molecule has 0 amide bonds. The Morgan fingerprint density at radius 2 is 1.75 bits per heavy atom. The van der Waals surface area contributed by atoms with Gasteiger partial charge in [-0.05, 0) is 42.0 Å². The molecule has 9 heteroatoms. The molecule has 0 saturated carbocycles. The predicted molar refractivity (Wildman–Crippen MR) is 117 cm³/mol. The number of nitrogen functional groups attached to an aromatic ring is 1. The van der Waals surface area contributed by atoms with Gasteiger partial charge in [-0.25, -0.2) is 13.9 Å². The van der Waals surface area contributed by atoms with E-state index >= 15 is 0 Å². The molecule has 4 heterocycles. The van der Waals surface area contributed by atoms with Crippen LogP contribution in [0, 0.1) is 5.82 Å². The van der Waals surface area contributed by atoms with Gasteiger partial charge in [0.05, 0.1) is 30.3 Å². The van der Waals surface area contributed by atoms with E-state index in [-0.39, 0.29) is 24.2 Å². The molecule has 5 rings (SSSR count). The molecule has 0 fully saturated rings. The SMILES string of the molecule is Nc1nc2cc(-c3cccc(-c4cnn(C(CCF)c5ccc(F)cc5)c4)n3)ccn2n1. The van der Waals surface area contributed by atoms with Crippen LogP contribution in [-0.4, -0.2) is 36.0 Å². The summed E-state index contributed by atoms with van der Waals surface area (Å²) in [5.41, 5.74) is 10.3. The van der Waals surface area contributed by atoms with Gasteiger partial charge in [-0.2, -0.15) is 10.1 Å². The summed E-state index contributed by atoms with van der Waals surface area (Å²) >= 11 is 0. The number of nitrogens with two attached hydrogens (primary N) is 1. The zero-order valence-electron chi connectivity index (χ0n) is 16.9. The first-order valence-electron chi connectivity index (χ1n) is 10.1. The molecule has 1 unspecified atom stereocenters. The van der Waals surface area contributed by atoms with Gasteiger partial charge in [0, 0.05) is 29.9 Å². The van der Waals surface area contributed by atoms with Crippen molar-refractivity contribution in [3.05, 3.63) is 84.6 Å². The smallest absolute Gasteiger partial charge is 0.240 e. The average Bonchev–Trinajstić information content (AvgIpc) is 3.44. The Morgan fingerprint density at radius 1 is 0.969 bits per heavy atom. The Kier molecular flexibility index (Phi) is 5.06. The van der Waals surface area contributed by atoms with Crippen LogP contribution in [0.15, 0.2) is 73.2 Å². The van der Waals surface area contributed by atoms with Crippen LogP contribution in [-0.2, 0) is 0 Å². The molecule has 160 valence electrons. The number of anilines is 1. The zero-order chi connectivity index (χ0) is 22.1. The van der Waals surface area contributed by atoms with Crippen molar-refractivity contribution in [3.8, 4) is 22.5 Å². The second-order valence-corrected chi connectivity index (χ2v) is 7.35. The summed E-state index contributed by atoms with van der Waals surface area (Å²) < 4.78 is 29.8. The third-order valence-electron chi connectivity index (χ3n) is 5.25. The monoisotopic (exact) mass is 431 g/mol. The molecule has 0 aliphatic rings. The van der Waals surface area contributed by atoms with E-state index in [0.717, 1.165) is 28.1 Å². The van der Waals surface area contributed by atoms with E-state index in [4.69, 9.17) is 10.7 Å². The quantitative estimate of drug-likeness (QED) is 0.433. The summed E-state index contributed by atoms with van der Waals surface area (Å²) in [6, 6.07) is 15.2. The van der Waals surface area contributed by atoms with Crippen LogP contribution in [0.4, 0.5) is 14.7 Å². The van der Waals surface area contributed by atoms with Crippen molar-refractivity contribution < 1.29 is 8.78 Å². The second kappa shape index (κ2) is 8.18. The summed E-state index contributed by atoms with van der Waals surface area (Å²) in [5.74, 6) is -0.123. The van der Waals surface area contributed by atoms with E-state index in [0.29, 0.717) is 5.65 Å². The minimum absolute atomic E-state index is 0.209. The maximum absolute atomic E-state index is 13.3. The third-order valence-corrected chi connectivity index (χ3v) is 5.25. The van der Waals surface area contributed by atoms with Gasteiger partial charge < -0.3 is 5.73 Å². The Labute approximate surface area is 182 Å². The van der Waals surface area contributed by atoms with Crippen LogP contribution in [0.3, 0.4) is 0 Å². The zero-order valence-corrected chi connectivity index (χ0v) is 16.9. The van der Waals surface area contributed by atoms with Gasteiger partial charge in [-0.3, -0.25) is 9.07 Å². The number of hydrogen-bond acceptors (Lipinski definition) is 5. The molecule has 2 N–H and O–H groups in total. The van der Waals surface area contributed by atoms with Gasteiger partial charge in [-0.15, -0.1) is 5.10 Å². The van der Waals surface area contributed by atoms with E-state index in [1.54, 1.807) is 33.7 Å². The molecule has 0 bridgehead atoms. The Balaban J connectivity index is 1.47. The summed E-state index contributed by atoms with van der Waals surface area (Å²) in [7, 11) is 0. The van der Waals surface area contributed by atoms with Crippen molar-refractivity contribution in [2.24, 2.45) is 0 Å². The molecule has 1 aromatic carbocycles. The fourth-order valence-corrected chi connectivity index (χ4v) is 3.70. The van der Waals surface area contributed by atoms with Gasteiger partial charge in [0.1, 0.15) is 5.82 Å². The predicted octanol–water partition coefficient (Wildman–Crippen LogP) is 4.33. The highest BCUT2D eigenvalue weighted by Gasteiger charge is 2.16. The first-order valence-corrected chi connectivity index (χ1v) is 10.1. The number of alkyl halides is 1. The largest absolute Gasteiger partial charge is 0.366 e. The summed E-state index contributed by atoms with van der Waals surface area (Å²) in [4.78, 5) is 8.95. The average molecular weight is 431 g/mol. The minimum atomic E-state index is -0.513. The number of pyridine rings is 2. The number of aromatic nitrogens is 6. The van der Waals surface area contributed by atoms with Gasteiger partial charge >= 0.3 is 0 Å². The van der Waals surface area contributed by atoms with Crippen molar-refractivity contribution in [1.29, 1.82) is 0 Å². The van der Waals surface area contributed by atoms with Crippen LogP contribution in [0.5, 0.6) is 0 Å². The molecule has 0 radical (unpaired) electrons. The normalized spacial score (nSPS) is 12.3. The van der Waals surface area contributed by atoms with Crippen molar-refractivity contribution in [1.82, 2.24) is 29.4 Å². The van der Waals surface area contributed by atoms with E-state index in [9.17, 15) is 8.78 Å². The molecule has 4 aromatic heterocycles. The fourth-order valence-electron chi connectivity index (χ4n) is 3.70. The maximum Gasteiger partial charge on any atom is 0.240 e. The highest BCUT2D eigenvalue weighted by Crippen LogP contribution is 2.27. The number of hydrogen-bond donors (Lipinski definition) is 1. The number of benzene rings is 1. The van der Waals surface area contributed by atoms with E-state index < -0.39 is 6.67 Å². The standard InChI is InChI=1S/C23H19F2N7/c24-10-8-21(15-4-6-18(25)7-5-15)32-14-17(13-27-32)20-3-1-2-19(28-20)16-9-11-31-22(12-16)29-23(26)30-31/h1-7,9,11-14,21H,8,10H2,(H2,26,30). The highest BCUT2D eigenvalue weighted by atomic mass is 19.1. The molecule has 0 saturated heterocycles. The highest BCUT2D eigenvalue weighted by molar-refractivity contribution is 5.68. The molecule has 0 spiro atoms. The molecule has 0 aliphatic heterocycles. The molecule has 7 nitrogen and oxygen atoms in total. The maximum atomic E-state index is 13.3. The van der Waals surface area contributed by atoms with Crippen molar-refractivity contribution in [2.45, 2.75) is 12.5 Å². The van der Waals surface area contributed by atoms with Crippen molar-refractivity contribution in [3.63, 3.8) is 0 Å². The molecule has 5 aromatic rings. The van der Waals surface area contributed by atoms with Gasteiger partial charge in [0.25, 0.3) is 0 Å². The Bertz CT molecular complexity index is 1370. The molecular weight excluding hydrogens is 412 g/mol. The first-order chi connectivity index (χ1) is 15.6. The van der Waals surface area contributed by atoms with Crippen LogP contribution >= 0.6 is 0 Å². The van der Waals surface area contributed by atoms with Crippen molar-refractivity contribution in [2.75, 3.05) is 12.4 Å². The Morgan fingerprint density at radius 3 is 2.53 bits per heavy atom. The lowest BCUT2D eigenvalue weighted by Gasteiger charge is -2.16. The number of nitrogens with zero attached hydrogens (tertiary/aromatic N) is 6. The second-order valence-electron chi connectivity index (χ2n) is 7.35. The van der Waals surface area contributed by atoms with Crippen LogP contribution in [0.1, 0.15) is 18.0 Å². The molecular formula is C23H19F2N7. The lowest BCUT2D eigenvalue weighted by atomic mass is 10.0. The van der Waals surface area contributed by atoms with Gasteiger partial charge in [0.2, 0.25) is 5.95 Å². The Hall–Kier alpha value is -4.14. The third kappa shape index (κ3) is 3.80. The molecule has 0 aliphatic carbocycles. The van der Waals surface area contributed by atoms with Crippen LogP contribution in [0.2, 0.25) is 0 Å². The summed E-state index contributed by atoms with van der Waals surface area (Å²) in [5, 5.41) is 8.52. The van der Waals surface area contributed by atoms with Crippen LogP contribution in [0.25, 0.3) is 28.2 Å². The van der Waals surface area contributed by atoms with E-state index in [2.05, 4.69) is 15.2 Å². The van der Waals surface area contributed by atoms with Crippen LogP contribution < -0.4 is 5.73 Å². The number of halogens is 2. The topological polar surface area (TPSA) is 86.9 Å². The summed E-state index contributed by atoms with van der Waals surface area (Å²) in [6.07, 6.45) is 5.55.